The lowest BCUT2D eigenvalue weighted by atomic mass is 10.1. The van der Waals surface area contributed by atoms with Gasteiger partial charge in [0.05, 0.1) is 37.5 Å². The molecule has 1 N–H and O–H groups in total. The lowest BCUT2D eigenvalue weighted by molar-refractivity contribution is -0.158. The van der Waals surface area contributed by atoms with Crippen molar-refractivity contribution in [2.24, 2.45) is 0 Å². The molecule has 1 aliphatic heterocycles. The van der Waals surface area contributed by atoms with Crippen LogP contribution in [0.15, 0.2) is 24.3 Å². The van der Waals surface area contributed by atoms with Gasteiger partial charge in [-0.2, -0.15) is 10.5 Å². The summed E-state index contributed by atoms with van der Waals surface area (Å²) < 4.78 is 18.9. The van der Waals surface area contributed by atoms with Crippen molar-refractivity contribution >= 4 is 17.8 Å². The molecule has 1 heterocycles. The fourth-order valence-electron chi connectivity index (χ4n) is 3.27. The summed E-state index contributed by atoms with van der Waals surface area (Å²) >= 11 is 0. The minimum Gasteiger partial charge on any atom is -0.454 e. The second-order valence-corrected chi connectivity index (χ2v) is 7.02. The highest BCUT2D eigenvalue weighted by Crippen LogP contribution is 2.21. The van der Waals surface area contributed by atoms with Crippen molar-refractivity contribution in [3.05, 3.63) is 35.6 Å². The highest BCUT2D eigenvalue weighted by molar-refractivity contribution is 5.88. The van der Waals surface area contributed by atoms with Gasteiger partial charge in [0.15, 0.2) is 6.61 Å². The third-order valence-electron chi connectivity index (χ3n) is 4.85. The fourth-order valence-corrected chi connectivity index (χ4v) is 3.27. The molecule has 1 fully saturated rings. The summed E-state index contributed by atoms with van der Waals surface area (Å²) in [5, 5.41) is 27.3. The average Bonchev–Trinajstić information content (AvgIpc) is 3.15. The molecule has 1 aromatic carbocycles. The number of likely N-dealkylation sites (tertiary alicyclic amines) is 1. The number of nitriles is 2. The van der Waals surface area contributed by atoms with E-state index >= 15 is 0 Å². The average molecular weight is 430 g/mol. The highest BCUT2D eigenvalue weighted by Gasteiger charge is 2.40. The van der Waals surface area contributed by atoms with Crippen molar-refractivity contribution in [2.75, 3.05) is 26.2 Å². The van der Waals surface area contributed by atoms with Crippen LogP contribution in [-0.4, -0.2) is 71.1 Å². The number of carbonyl (C=O) groups is 3. The smallest absolute Gasteiger partial charge is 0.329 e. The maximum atomic E-state index is 13.8. The number of aliphatic hydroxyl groups is 1. The number of rotatable bonds is 9. The number of nitrogens with zero attached hydrogens (tertiary/aromatic N) is 4. The van der Waals surface area contributed by atoms with E-state index < -0.39 is 42.4 Å². The predicted molar refractivity (Wildman–Crippen MR) is 104 cm³/mol. The topological polar surface area (TPSA) is 135 Å². The molecule has 10 heteroatoms. The van der Waals surface area contributed by atoms with E-state index in [0.29, 0.717) is 0 Å². The second kappa shape index (κ2) is 11.6. The quantitative estimate of drug-likeness (QED) is 0.565. The highest BCUT2D eigenvalue weighted by atomic mass is 19.1. The molecule has 0 radical (unpaired) electrons. The Kier molecular flexibility index (Phi) is 8.92. The maximum Gasteiger partial charge on any atom is 0.329 e. The Bertz CT molecular complexity index is 876. The van der Waals surface area contributed by atoms with E-state index in [2.05, 4.69) is 0 Å². The molecule has 1 saturated heterocycles. The number of halogens is 1. The molecule has 0 saturated carbocycles. The minimum atomic E-state index is -1.09. The van der Waals surface area contributed by atoms with Crippen LogP contribution < -0.4 is 0 Å². The number of ether oxygens (including phenoxy) is 1. The third kappa shape index (κ3) is 6.76. The van der Waals surface area contributed by atoms with E-state index in [0.717, 1.165) is 4.90 Å². The standard InChI is InChI=1S/C21H23FN4O5/c22-17-6-2-1-5-15(17)11-19(28)26-13-16(27)12-18(26)21(30)31-14-20(29)25(9-3-7-23)10-4-8-24/h1-2,5-6,16,18,27H,3-4,9-14H2. The normalized spacial score (nSPS) is 17.5. The van der Waals surface area contributed by atoms with Crippen LogP contribution in [-0.2, 0) is 25.5 Å². The number of esters is 1. The van der Waals surface area contributed by atoms with Crippen molar-refractivity contribution in [1.82, 2.24) is 9.80 Å². The minimum absolute atomic E-state index is 0.0530. The van der Waals surface area contributed by atoms with E-state index in [1.54, 1.807) is 6.07 Å². The van der Waals surface area contributed by atoms with E-state index in [1.807, 2.05) is 12.1 Å². The molecule has 0 aliphatic carbocycles. The number of amides is 2. The van der Waals surface area contributed by atoms with Crippen molar-refractivity contribution < 1.29 is 28.6 Å². The van der Waals surface area contributed by atoms with Gasteiger partial charge in [0.25, 0.3) is 5.91 Å². The molecule has 2 amide bonds. The van der Waals surface area contributed by atoms with E-state index in [9.17, 15) is 23.9 Å². The summed E-state index contributed by atoms with van der Waals surface area (Å²) in [7, 11) is 0. The van der Waals surface area contributed by atoms with Crippen LogP contribution in [0.25, 0.3) is 0 Å². The van der Waals surface area contributed by atoms with E-state index in [4.69, 9.17) is 15.3 Å². The number of hydrogen-bond acceptors (Lipinski definition) is 7. The molecule has 2 atom stereocenters. The Morgan fingerprint density at radius 2 is 1.84 bits per heavy atom. The van der Waals surface area contributed by atoms with E-state index in [1.165, 1.54) is 23.1 Å². The Hall–Kier alpha value is -3.50. The molecular formula is C21H23FN4O5. The number of carbonyl (C=O) groups excluding carboxylic acids is 3. The van der Waals surface area contributed by atoms with Crippen molar-refractivity contribution in [3.63, 3.8) is 0 Å². The van der Waals surface area contributed by atoms with Gasteiger partial charge in [-0.25, -0.2) is 9.18 Å². The largest absolute Gasteiger partial charge is 0.454 e. The lowest BCUT2D eigenvalue weighted by Gasteiger charge is -2.24. The number of benzene rings is 1. The van der Waals surface area contributed by atoms with E-state index in [-0.39, 0.29) is 50.9 Å². The molecule has 0 spiro atoms. The first-order valence-electron chi connectivity index (χ1n) is 9.76. The first-order chi connectivity index (χ1) is 14.9. The van der Waals surface area contributed by atoms with Gasteiger partial charge in [0.1, 0.15) is 11.9 Å². The van der Waals surface area contributed by atoms with Gasteiger partial charge in [-0.05, 0) is 11.6 Å². The molecule has 2 rings (SSSR count). The van der Waals surface area contributed by atoms with Gasteiger partial charge in [-0.15, -0.1) is 0 Å². The van der Waals surface area contributed by atoms with Gasteiger partial charge in [-0.3, -0.25) is 9.59 Å². The molecule has 0 bridgehead atoms. The number of β-amino-alcohol motifs (C(OH)–C–C–N with tert-alkyl or cyclic N) is 1. The van der Waals surface area contributed by atoms with Crippen LogP contribution in [0.1, 0.15) is 24.8 Å². The summed E-state index contributed by atoms with van der Waals surface area (Å²) in [4.78, 5) is 39.8. The van der Waals surface area contributed by atoms with Crippen LogP contribution in [0.5, 0.6) is 0 Å². The first kappa shape index (κ1) is 23.8. The van der Waals surface area contributed by atoms with Gasteiger partial charge >= 0.3 is 5.97 Å². The fraction of sp³-hybridized carbons (Fsp3) is 0.476. The van der Waals surface area contributed by atoms with Gasteiger partial charge in [0, 0.05) is 26.1 Å². The number of aliphatic hydroxyl groups excluding tert-OH is 1. The van der Waals surface area contributed by atoms with Crippen molar-refractivity contribution in [2.45, 2.75) is 37.8 Å². The molecule has 2 unspecified atom stereocenters. The van der Waals surface area contributed by atoms with Crippen molar-refractivity contribution in [1.29, 1.82) is 10.5 Å². The zero-order valence-electron chi connectivity index (χ0n) is 16.9. The molecule has 9 nitrogen and oxygen atoms in total. The zero-order valence-corrected chi connectivity index (χ0v) is 16.9. The van der Waals surface area contributed by atoms with Gasteiger partial charge in [-0.1, -0.05) is 18.2 Å². The van der Waals surface area contributed by atoms with Crippen LogP contribution in [0.2, 0.25) is 0 Å². The summed E-state index contributed by atoms with van der Waals surface area (Å²) in [6.45, 7) is -0.511. The Balaban J connectivity index is 1.98. The third-order valence-corrected chi connectivity index (χ3v) is 4.85. The summed E-state index contributed by atoms with van der Waals surface area (Å²) in [5.74, 6) is -2.51. The monoisotopic (exact) mass is 430 g/mol. The molecule has 31 heavy (non-hydrogen) atoms. The lowest BCUT2D eigenvalue weighted by Crippen LogP contribution is -2.43. The number of hydrogen-bond donors (Lipinski definition) is 1. The van der Waals surface area contributed by atoms with Gasteiger partial charge < -0.3 is 19.6 Å². The molecule has 1 aliphatic rings. The molecule has 164 valence electrons. The first-order valence-corrected chi connectivity index (χ1v) is 9.76. The molecular weight excluding hydrogens is 407 g/mol. The Morgan fingerprint density at radius 3 is 2.45 bits per heavy atom. The molecule has 0 aromatic heterocycles. The zero-order chi connectivity index (χ0) is 22.8. The van der Waals surface area contributed by atoms with Crippen LogP contribution >= 0.6 is 0 Å². The van der Waals surface area contributed by atoms with Crippen molar-refractivity contribution in [3.8, 4) is 12.1 Å². The summed E-state index contributed by atoms with van der Waals surface area (Å²) in [6.07, 6.45) is -1.14. The van der Waals surface area contributed by atoms with Crippen LogP contribution in [0.3, 0.4) is 0 Å². The predicted octanol–water partition coefficient (Wildman–Crippen LogP) is 0.529. The summed E-state index contributed by atoms with van der Waals surface area (Å²) in [5.41, 5.74) is 0.168. The second-order valence-electron chi connectivity index (χ2n) is 7.02. The maximum absolute atomic E-state index is 13.8. The SMILES string of the molecule is N#CCCN(CCC#N)C(=O)COC(=O)C1CC(O)CN1C(=O)Cc1ccccc1F. The summed E-state index contributed by atoms with van der Waals surface area (Å²) in [6, 6.07) is 8.49. The Labute approximate surface area is 179 Å². The van der Waals surface area contributed by atoms with Crippen LogP contribution in [0.4, 0.5) is 4.39 Å². The Morgan fingerprint density at radius 1 is 1.19 bits per heavy atom. The molecule has 1 aromatic rings. The van der Waals surface area contributed by atoms with Gasteiger partial charge in [0.2, 0.25) is 5.91 Å². The van der Waals surface area contributed by atoms with Crippen LogP contribution in [0, 0.1) is 28.5 Å².